The maximum Gasteiger partial charge on any atom is 0.165 e. The number of phenols is 1. The van der Waals surface area contributed by atoms with Crippen molar-refractivity contribution in [2.24, 2.45) is 0 Å². The number of anilines is 2. The zero-order chi connectivity index (χ0) is 25.9. The predicted octanol–water partition coefficient (Wildman–Crippen LogP) is 2.75. The number of hydrogen-bond acceptors (Lipinski definition) is 8. The summed E-state index contributed by atoms with van der Waals surface area (Å²) in [6.07, 6.45) is 1.84. The molecule has 1 aliphatic heterocycles. The van der Waals surface area contributed by atoms with E-state index in [0.717, 1.165) is 72.9 Å². The monoisotopic (exact) mass is 500 g/mol. The van der Waals surface area contributed by atoms with Crippen LogP contribution in [-0.4, -0.2) is 89.9 Å². The number of nitrogen functional groups attached to an aromatic ring is 1. The Morgan fingerprint density at radius 2 is 1.65 bits per heavy atom. The third-order valence-corrected chi connectivity index (χ3v) is 6.99. The Morgan fingerprint density at radius 3 is 2.32 bits per heavy atom. The van der Waals surface area contributed by atoms with E-state index in [1.54, 1.807) is 16.6 Å². The van der Waals surface area contributed by atoms with Gasteiger partial charge in [-0.05, 0) is 56.5 Å². The van der Waals surface area contributed by atoms with Gasteiger partial charge in [0.2, 0.25) is 0 Å². The van der Waals surface area contributed by atoms with Crippen LogP contribution >= 0.6 is 0 Å². The SMILES string of the molecule is CN(C)CCNCc1nc2c(-c3ccc(N4CCN(C)CC4)cc3)cnn2c(N)c1-c1ccc(O)cc1. The van der Waals surface area contributed by atoms with Crippen molar-refractivity contribution in [2.75, 3.05) is 71.0 Å². The van der Waals surface area contributed by atoms with Crippen molar-refractivity contribution in [1.82, 2.24) is 29.7 Å². The molecule has 4 aromatic rings. The highest BCUT2D eigenvalue weighted by Gasteiger charge is 2.20. The Kier molecular flexibility index (Phi) is 7.27. The number of rotatable bonds is 8. The summed E-state index contributed by atoms with van der Waals surface area (Å²) in [6.45, 7) is 6.54. The highest BCUT2D eigenvalue weighted by molar-refractivity contribution is 5.84. The van der Waals surface area contributed by atoms with Crippen LogP contribution in [0.5, 0.6) is 5.75 Å². The fraction of sp³-hybridized carbons (Fsp3) is 0.357. The summed E-state index contributed by atoms with van der Waals surface area (Å²) in [5.74, 6) is 0.740. The van der Waals surface area contributed by atoms with Gasteiger partial charge >= 0.3 is 0 Å². The largest absolute Gasteiger partial charge is 0.508 e. The fourth-order valence-corrected chi connectivity index (χ4v) is 4.76. The number of aromatic hydroxyl groups is 1. The minimum Gasteiger partial charge on any atom is -0.508 e. The van der Waals surface area contributed by atoms with Crippen molar-refractivity contribution in [1.29, 1.82) is 0 Å². The van der Waals surface area contributed by atoms with Gasteiger partial charge in [-0.2, -0.15) is 9.61 Å². The molecule has 2 aromatic heterocycles. The zero-order valence-electron chi connectivity index (χ0n) is 21.9. The van der Waals surface area contributed by atoms with Gasteiger partial charge in [0.1, 0.15) is 11.6 Å². The van der Waals surface area contributed by atoms with Crippen LogP contribution in [0.15, 0.2) is 54.7 Å². The van der Waals surface area contributed by atoms with Gasteiger partial charge in [-0.3, -0.25) is 0 Å². The van der Waals surface area contributed by atoms with E-state index < -0.39 is 0 Å². The molecule has 0 amide bonds. The van der Waals surface area contributed by atoms with Crippen LogP contribution in [0, 0.1) is 0 Å². The van der Waals surface area contributed by atoms with Crippen molar-refractivity contribution in [2.45, 2.75) is 6.54 Å². The summed E-state index contributed by atoms with van der Waals surface area (Å²) in [5.41, 5.74) is 13.3. The molecular weight excluding hydrogens is 464 g/mol. The van der Waals surface area contributed by atoms with E-state index in [1.165, 1.54) is 5.69 Å². The van der Waals surface area contributed by atoms with Crippen LogP contribution in [0.1, 0.15) is 5.69 Å². The molecule has 1 fully saturated rings. The van der Waals surface area contributed by atoms with Crippen molar-refractivity contribution in [3.8, 4) is 28.0 Å². The van der Waals surface area contributed by atoms with Gasteiger partial charge in [0.25, 0.3) is 0 Å². The third-order valence-electron chi connectivity index (χ3n) is 6.99. The van der Waals surface area contributed by atoms with Crippen molar-refractivity contribution < 1.29 is 5.11 Å². The number of likely N-dealkylation sites (N-methyl/N-ethyl adjacent to an activating group) is 2. The zero-order valence-corrected chi connectivity index (χ0v) is 21.9. The smallest absolute Gasteiger partial charge is 0.165 e. The van der Waals surface area contributed by atoms with Gasteiger partial charge in [-0.1, -0.05) is 24.3 Å². The number of aromatic nitrogens is 3. The van der Waals surface area contributed by atoms with E-state index in [0.29, 0.717) is 12.4 Å². The third kappa shape index (κ3) is 5.39. The molecular formula is C28H36N8O. The topological polar surface area (TPSA) is 98.2 Å². The summed E-state index contributed by atoms with van der Waals surface area (Å²) in [4.78, 5) is 12.0. The summed E-state index contributed by atoms with van der Waals surface area (Å²) < 4.78 is 1.72. The Labute approximate surface area is 218 Å². The van der Waals surface area contributed by atoms with Crippen LogP contribution < -0.4 is 16.0 Å². The average Bonchev–Trinajstić information content (AvgIpc) is 3.32. The standard InChI is InChI=1S/C28H36N8O/c1-33(2)13-12-30-19-25-26(21-6-10-23(37)11-7-21)27(29)36-28(32-25)24(18-31-36)20-4-8-22(9-5-20)35-16-14-34(3)15-17-35/h4-11,18,30,37H,12-17,19,29H2,1-3H3. The molecule has 2 aromatic carbocycles. The lowest BCUT2D eigenvalue weighted by molar-refractivity contribution is 0.313. The first-order chi connectivity index (χ1) is 17.9. The first kappa shape index (κ1) is 25.0. The summed E-state index contributed by atoms with van der Waals surface area (Å²) in [5, 5.41) is 17.9. The Hall–Kier alpha value is -3.66. The molecule has 5 rings (SSSR count). The first-order valence-electron chi connectivity index (χ1n) is 12.8. The first-order valence-corrected chi connectivity index (χ1v) is 12.8. The molecule has 4 N–H and O–H groups in total. The van der Waals surface area contributed by atoms with Crippen LogP contribution in [-0.2, 0) is 6.54 Å². The molecule has 194 valence electrons. The molecule has 0 unspecified atom stereocenters. The molecule has 37 heavy (non-hydrogen) atoms. The highest BCUT2D eigenvalue weighted by Crippen LogP contribution is 2.34. The van der Waals surface area contributed by atoms with Gasteiger partial charge in [0.15, 0.2) is 5.65 Å². The molecule has 0 atom stereocenters. The van der Waals surface area contributed by atoms with E-state index in [4.69, 9.17) is 10.7 Å². The van der Waals surface area contributed by atoms with E-state index in [1.807, 2.05) is 18.3 Å². The second-order valence-corrected chi connectivity index (χ2v) is 9.98. The minimum absolute atomic E-state index is 0.211. The molecule has 1 aliphatic rings. The van der Waals surface area contributed by atoms with E-state index in [-0.39, 0.29) is 5.75 Å². The van der Waals surface area contributed by atoms with Crippen molar-refractivity contribution in [3.63, 3.8) is 0 Å². The molecule has 3 heterocycles. The maximum atomic E-state index is 9.80. The maximum absolute atomic E-state index is 9.80. The number of hydrogen-bond donors (Lipinski definition) is 3. The predicted molar refractivity (Wildman–Crippen MR) is 150 cm³/mol. The van der Waals surface area contributed by atoms with Gasteiger partial charge < -0.3 is 30.9 Å². The van der Waals surface area contributed by atoms with Crippen LogP contribution in [0.3, 0.4) is 0 Å². The lowest BCUT2D eigenvalue weighted by Crippen LogP contribution is -2.44. The molecule has 0 aliphatic carbocycles. The van der Waals surface area contributed by atoms with Crippen molar-refractivity contribution in [3.05, 3.63) is 60.4 Å². The van der Waals surface area contributed by atoms with Crippen LogP contribution in [0.25, 0.3) is 27.9 Å². The number of nitrogens with zero attached hydrogens (tertiary/aromatic N) is 6. The highest BCUT2D eigenvalue weighted by atomic mass is 16.3. The minimum atomic E-state index is 0.211. The van der Waals surface area contributed by atoms with Gasteiger partial charge in [0, 0.05) is 62.6 Å². The summed E-state index contributed by atoms with van der Waals surface area (Å²) in [7, 11) is 6.28. The normalized spacial score (nSPS) is 14.6. The lowest BCUT2D eigenvalue weighted by atomic mass is 10.0. The number of fused-ring (bicyclic) bond motifs is 1. The molecule has 1 saturated heterocycles. The van der Waals surface area contributed by atoms with Crippen LogP contribution in [0.4, 0.5) is 11.5 Å². The molecule has 0 radical (unpaired) electrons. The number of benzene rings is 2. The Balaban J connectivity index is 1.50. The molecule has 9 heteroatoms. The molecule has 0 saturated carbocycles. The van der Waals surface area contributed by atoms with E-state index >= 15 is 0 Å². The van der Waals surface area contributed by atoms with Gasteiger partial charge in [-0.25, -0.2) is 4.98 Å². The van der Waals surface area contributed by atoms with Gasteiger partial charge in [-0.15, -0.1) is 0 Å². The summed E-state index contributed by atoms with van der Waals surface area (Å²) >= 11 is 0. The van der Waals surface area contributed by atoms with E-state index in [2.05, 4.69) is 70.5 Å². The molecule has 0 spiro atoms. The Bertz CT molecular complexity index is 1340. The molecule has 0 bridgehead atoms. The fourth-order valence-electron chi connectivity index (χ4n) is 4.76. The second kappa shape index (κ2) is 10.8. The van der Waals surface area contributed by atoms with Crippen molar-refractivity contribution >= 4 is 17.2 Å². The van der Waals surface area contributed by atoms with Gasteiger partial charge in [0.05, 0.1) is 11.9 Å². The lowest BCUT2D eigenvalue weighted by Gasteiger charge is -2.34. The van der Waals surface area contributed by atoms with E-state index in [9.17, 15) is 5.11 Å². The summed E-state index contributed by atoms with van der Waals surface area (Å²) in [6, 6.07) is 15.7. The number of piperazine rings is 1. The number of phenolic OH excluding ortho intramolecular Hbond substituents is 1. The average molecular weight is 501 g/mol. The Morgan fingerprint density at radius 1 is 0.973 bits per heavy atom. The quantitative estimate of drug-likeness (QED) is 0.318. The van der Waals surface area contributed by atoms with Crippen LogP contribution in [0.2, 0.25) is 0 Å². The second-order valence-electron chi connectivity index (χ2n) is 9.98. The number of nitrogens with two attached hydrogens (primary N) is 1. The molecule has 9 nitrogen and oxygen atoms in total. The number of nitrogens with one attached hydrogen (secondary N) is 1.